The molecular weight excluding hydrogens is 316 g/mol. The predicted octanol–water partition coefficient (Wildman–Crippen LogP) is 4.08. The Morgan fingerprint density at radius 3 is 2.24 bits per heavy atom. The van der Waals surface area contributed by atoms with Gasteiger partial charge in [-0.3, -0.25) is 4.79 Å². The minimum atomic E-state index is -0.929. The Labute approximate surface area is 150 Å². The number of unbranched alkanes of at least 4 members (excludes halogenated alkanes) is 2. The maximum absolute atomic E-state index is 11.9. The van der Waals surface area contributed by atoms with Gasteiger partial charge in [-0.2, -0.15) is 0 Å². The highest BCUT2D eigenvalue weighted by molar-refractivity contribution is 5.80. The highest BCUT2D eigenvalue weighted by Crippen LogP contribution is 2.51. The molecule has 0 amide bonds. The molecular formula is C21H30O4. The van der Waals surface area contributed by atoms with Crippen LogP contribution < -0.4 is 0 Å². The van der Waals surface area contributed by atoms with Crippen LogP contribution in [0.1, 0.15) is 63.5 Å². The second-order valence-electron chi connectivity index (χ2n) is 7.43. The average molecular weight is 346 g/mol. The van der Waals surface area contributed by atoms with E-state index in [1.54, 1.807) is 12.1 Å². The fraction of sp³-hybridized carbons (Fsp3) is 0.571. The van der Waals surface area contributed by atoms with Crippen molar-refractivity contribution < 1.29 is 20.1 Å². The van der Waals surface area contributed by atoms with Gasteiger partial charge in [-0.15, -0.1) is 0 Å². The highest BCUT2D eigenvalue weighted by Gasteiger charge is 2.47. The molecule has 4 unspecified atom stereocenters. The zero-order valence-electron chi connectivity index (χ0n) is 15.5. The Morgan fingerprint density at radius 1 is 1.16 bits per heavy atom. The van der Waals surface area contributed by atoms with Crippen molar-refractivity contribution in [1.29, 1.82) is 0 Å². The summed E-state index contributed by atoms with van der Waals surface area (Å²) >= 11 is 0. The van der Waals surface area contributed by atoms with Gasteiger partial charge >= 0.3 is 0 Å². The number of hydrogen-bond donors (Lipinski definition) is 3. The van der Waals surface area contributed by atoms with E-state index < -0.39 is 17.9 Å². The van der Waals surface area contributed by atoms with Crippen molar-refractivity contribution in [3.05, 3.63) is 35.4 Å². The fourth-order valence-corrected chi connectivity index (χ4v) is 4.08. The van der Waals surface area contributed by atoms with Crippen LogP contribution in [-0.2, 0) is 11.2 Å². The highest BCUT2D eigenvalue weighted by atomic mass is 16.3. The number of aryl methyl sites for hydroxylation is 1. The fourth-order valence-electron chi connectivity index (χ4n) is 4.08. The van der Waals surface area contributed by atoms with E-state index in [2.05, 4.69) is 13.5 Å². The van der Waals surface area contributed by atoms with E-state index in [0.717, 1.165) is 36.8 Å². The van der Waals surface area contributed by atoms with E-state index >= 15 is 0 Å². The van der Waals surface area contributed by atoms with Gasteiger partial charge in [-0.05, 0) is 56.7 Å². The number of rotatable bonds is 7. The third-order valence-electron chi connectivity index (χ3n) is 5.48. The number of Topliss-reactive ketones (excluding diaryl/α,β-unsaturated/α-hetero) is 1. The summed E-state index contributed by atoms with van der Waals surface area (Å²) in [6.45, 7) is 9.45. The zero-order valence-corrected chi connectivity index (χ0v) is 15.5. The molecule has 4 atom stereocenters. The Kier molecular flexibility index (Phi) is 6.28. The summed E-state index contributed by atoms with van der Waals surface area (Å²) in [5.74, 6) is -1.24. The van der Waals surface area contributed by atoms with Crippen LogP contribution in [-0.4, -0.2) is 27.2 Å². The predicted molar refractivity (Wildman–Crippen MR) is 98.8 cm³/mol. The molecule has 1 aliphatic carbocycles. The summed E-state index contributed by atoms with van der Waals surface area (Å²) in [6.07, 6.45) is 3.57. The third-order valence-corrected chi connectivity index (χ3v) is 5.48. The monoisotopic (exact) mass is 346 g/mol. The summed E-state index contributed by atoms with van der Waals surface area (Å²) in [5, 5.41) is 31.8. The number of phenolic OH excluding ortho intramolecular Hbond substituents is 2. The number of aliphatic hydroxyl groups is 1. The molecule has 0 saturated heterocycles. The molecule has 0 spiro atoms. The molecule has 0 radical (unpaired) electrons. The van der Waals surface area contributed by atoms with E-state index in [1.165, 1.54) is 6.92 Å². The quantitative estimate of drug-likeness (QED) is 0.513. The number of aromatic hydroxyl groups is 2. The number of ketones is 1. The molecule has 4 heteroatoms. The van der Waals surface area contributed by atoms with Crippen molar-refractivity contribution in [1.82, 2.24) is 0 Å². The average Bonchev–Trinajstić information content (AvgIpc) is 2.85. The summed E-state index contributed by atoms with van der Waals surface area (Å²) < 4.78 is 0. The van der Waals surface area contributed by atoms with Crippen molar-refractivity contribution in [2.75, 3.05) is 0 Å². The van der Waals surface area contributed by atoms with Gasteiger partial charge in [0.15, 0.2) is 0 Å². The Bertz CT molecular complexity index is 626. The molecule has 0 bridgehead atoms. The van der Waals surface area contributed by atoms with Crippen LogP contribution in [0.5, 0.6) is 11.5 Å². The van der Waals surface area contributed by atoms with Gasteiger partial charge in [0.2, 0.25) is 0 Å². The van der Waals surface area contributed by atoms with Crippen molar-refractivity contribution in [2.45, 2.75) is 64.9 Å². The van der Waals surface area contributed by atoms with Gasteiger partial charge in [0.1, 0.15) is 17.3 Å². The zero-order chi connectivity index (χ0) is 18.7. The Hall–Kier alpha value is -1.81. The van der Waals surface area contributed by atoms with Crippen LogP contribution in [0, 0.1) is 11.8 Å². The first-order valence-corrected chi connectivity index (χ1v) is 9.16. The van der Waals surface area contributed by atoms with Gasteiger partial charge in [0.05, 0.1) is 6.10 Å². The second kappa shape index (κ2) is 8.05. The van der Waals surface area contributed by atoms with E-state index in [4.69, 9.17) is 0 Å². The number of carbonyl (C=O) groups is 1. The first-order chi connectivity index (χ1) is 11.8. The van der Waals surface area contributed by atoms with Gasteiger partial charge in [-0.25, -0.2) is 0 Å². The maximum Gasteiger partial charge on any atom is 0.135 e. The molecule has 0 aromatic heterocycles. The first-order valence-electron chi connectivity index (χ1n) is 9.16. The summed E-state index contributed by atoms with van der Waals surface area (Å²) in [6, 6.07) is 3.35. The van der Waals surface area contributed by atoms with Crippen LogP contribution in [0.25, 0.3) is 0 Å². The number of carbonyl (C=O) groups excluding carboxylic acids is 1. The lowest BCUT2D eigenvalue weighted by molar-refractivity contribution is -0.123. The van der Waals surface area contributed by atoms with Gasteiger partial charge < -0.3 is 15.3 Å². The van der Waals surface area contributed by atoms with E-state index in [-0.39, 0.29) is 23.2 Å². The molecule has 1 aliphatic rings. The minimum Gasteiger partial charge on any atom is -0.508 e. The van der Waals surface area contributed by atoms with E-state index in [0.29, 0.717) is 12.0 Å². The third kappa shape index (κ3) is 4.06. The van der Waals surface area contributed by atoms with E-state index in [9.17, 15) is 20.1 Å². The van der Waals surface area contributed by atoms with Gasteiger partial charge in [-0.1, -0.05) is 31.9 Å². The molecule has 0 aliphatic heterocycles. The Morgan fingerprint density at radius 2 is 1.76 bits per heavy atom. The topological polar surface area (TPSA) is 77.8 Å². The first kappa shape index (κ1) is 19.5. The molecule has 0 heterocycles. The number of allylic oxidation sites excluding steroid dienone is 1. The smallest absolute Gasteiger partial charge is 0.135 e. The number of benzene rings is 1. The Balaban J connectivity index is 2.38. The second-order valence-corrected chi connectivity index (χ2v) is 7.43. The lowest BCUT2D eigenvalue weighted by Crippen LogP contribution is -2.25. The SMILES string of the molecule is C=C(C)C1CC(C(C)=O)C(O)C1c1c(O)cc(CCCCC)cc1O. The van der Waals surface area contributed by atoms with Crippen LogP contribution in [0.15, 0.2) is 24.3 Å². The molecule has 4 nitrogen and oxygen atoms in total. The van der Waals surface area contributed by atoms with Crippen LogP contribution >= 0.6 is 0 Å². The molecule has 1 aromatic rings. The molecule has 138 valence electrons. The van der Waals surface area contributed by atoms with Crippen LogP contribution in [0.2, 0.25) is 0 Å². The normalized spacial score (nSPS) is 25.9. The lowest BCUT2D eigenvalue weighted by atomic mass is 9.82. The van der Waals surface area contributed by atoms with Crippen LogP contribution in [0.3, 0.4) is 0 Å². The minimum absolute atomic E-state index is 0.00833. The van der Waals surface area contributed by atoms with Crippen molar-refractivity contribution in [2.24, 2.45) is 11.8 Å². The summed E-state index contributed by atoms with van der Waals surface area (Å²) in [5.41, 5.74) is 2.07. The van der Waals surface area contributed by atoms with Crippen molar-refractivity contribution in [3.8, 4) is 11.5 Å². The van der Waals surface area contributed by atoms with Crippen molar-refractivity contribution >= 4 is 5.78 Å². The van der Waals surface area contributed by atoms with Gasteiger partial charge in [0.25, 0.3) is 0 Å². The standard InChI is InChI=1S/C21H30O4/c1-5-6-7-8-14-9-17(23)20(18(24)10-14)19-15(12(2)3)11-16(13(4)22)21(19)25/h9-10,15-16,19,21,23-25H,2,5-8,11H2,1,3-4H3. The number of hydrogen-bond acceptors (Lipinski definition) is 4. The van der Waals surface area contributed by atoms with Crippen LogP contribution in [0.4, 0.5) is 0 Å². The van der Waals surface area contributed by atoms with Gasteiger partial charge in [0, 0.05) is 17.4 Å². The lowest BCUT2D eigenvalue weighted by Gasteiger charge is -2.25. The van der Waals surface area contributed by atoms with Crippen molar-refractivity contribution in [3.63, 3.8) is 0 Å². The summed E-state index contributed by atoms with van der Waals surface area (Å²) in [4.78, 5) is 11.9. The largest absolute Gasteiger partial charge is 0.508 e. The summed E-state index contributed by atoms with van der Waals surface area (Å²) in [7, 11) is 0. The molecule has 3 N–H and O–H groups in total. The maximum atomic E-state index is 11.9. The number of phenols is 2. The molecule has 2 rings (SSSR count). The van der Waals surface area contributed by atoms with E-state index in [1.807, 2.05) is 6.92 Å². The molecule has 1 saturated carbocycles. The molecule has 25 heavy (non-hydrogen) atoms. The molecule has 1 aromatic carbocycles. The number of aliphatic hydroxyl groups excluding tert-OH is 1. The molecule has 1 fully saturated rings.